The fraction of sp³-hybridized carbons (Fsp3) is 0.0870. The lowest BCUT2D eigenvalue weighted by Gasteiger charge is -2.13. The van der Waals surface area contributed by atoms with Gasteiger partial charge in [-0.3, -0.25) is 9.36 Å². The van der Waals surface area contributed by atoms with E-state index in [1.54, 1.807) is 35.3 Å². The average Bonchev–Trinajstić information content (AvgIpc) is 2.75. The van der Waals surface area contributed by atoms with Crippen molar-refractivity contribution in [3.8, 4) is 28.2 Å². The van der Waals surface area contributed by atoms with Gasteiger partial charge in [-0.05, 0) is 47.9 Å². The molecule has 0 aliphatic rings. The van der Waals surface area contributed by atoms with Gasteiger partial charge in [-0.1, -0.05) is 36.4 Å². The molecular formula is C23H19N3O2. The Hall–Kier alpha value is -3.57. The smallest absolute Gasteiger partial charge is 0.263 e. The van der Waals surface area contributed by atoms with Gasteiger partial charge >= 0.3 is 0 Å². The van der Waals surface area contributed by atoms with Crippen molar-refractivity contribution in [3.63, 3.8) is 0 Å². The second-order valence-corrected chi connectivity index (χ2v) is 6.53. The minimum absolute atomic E-state index is 0.0886. The van der Waals surface area contributed by atoms with E-state index in [9.17, 15) is 9.90 Å². The number of hydrogen-bond acceptors (Lipinski definition) is 4. The molecule has 0 amide bonds. The Kier molecular flexibility index (Phi) is 4.83. The van der Waals surface area contributed by atoms with Gasteiger partial charge in [-0.15, -0.1) is 0 Å². The third kappa shape index (κ3) is 3.35. The Morgan fingerprint density at radius 3 is 2.46 bits per heavy atom. The Morgan fingerprint density at radius 1 is 0.929 bits per heavy atom. The van der Waals surface area contributed by atoms with Crippen molar-refractivity contribution in [1.29, 1.82) is 0 Å². The second-order valence-electron chi connectivity index (χ2n) is 6.53. The van der Waals surface area contributed by atoms with Gasteiger partial charge in [-0.25, -0.2) is 9.97 Å². The van der Waals surface area contributed by atoms with Crippen molar-refractivity contribution in [2.24, 2.45) is 0 Å². The third-order valence-corrected chi connectivity index (χ3v) is 4.65. The van der Waals surface area contributed by atoms with E-state index in [0.717, 1.165) is 22.3 Å². The van der Waals surface area contributed by atoms with Gasteiger partial charge < -0.3 is 5.11 Å². The maximum absolute atomic E-state index is 13.4. The van der Waals surface area contributed by atoms with Crippen molar-refractivity contribution in [3.05, 3.63) is 101 Å². The van der Waals surface area contributed by atoms with Crippen molar-refractivity contribution in [2.45, 2.75) is 13.5 Å². The van der Waals surface area contributed by atoms with Gasteiger partial charge in [0.2, 0.25) is 0 Å². The molecule has 0 spiro atoms. The molecular weight excluding hydrogens is 350 g/mol. The molecule has 0 unspecified atom stereocenters. The van der Waals surface area contributed by atoms with Crippen LogP contribution in [0.5, 0.6) is 0 Å². The zero-order chi connectivity index (χ0) is 19.5. The van der Waals surface area contributed by atoms with Crippen LogP contribution in [0.4, 0.5) is 0 Å². The van der Waals surface area contributed by atoms with Crippen LogP contribution in [0.2, 0.25) is 0 Å². The van der Waals surface area contributed by atoms with E-state index in [-0.39, 0.29) is 12.2 Å². The van der Waals surface area contributed by atoms with Crippen molar-refractivity contribution < 1.29 is 5.11 Å². The third-order valence-electron chi connectivity index (χ3n) is 4.65. The maximum Gasteiger partial charge on any atom is 0.263 e. The second kappa shape index (κ2) is 7.58. The molecule has 5 nitrogen and oxygen atoms in total. The lowest BCUT2D eigenvalue weighted by molar-refractivity contribution is 0.282. The molecule has 1 N–H and O–H groups in total. The molecule has 0 aliphatic carbocycles. The van der Waals surface area contributed by atoms with Crippen molar-refractivity contribution in [2.75, 3.05) is 0 Å². The summed E-state index contributed by atoms with van der Waals surface area (Å²) in [4.78, 5) is 22.0. The Labute approximate surface area is 162 Å². The lowest BCUT2D eigenvalue weighted by atomic mass is 10.00. The summed E-state index contributed by atoms with van der Waals surface area (Å²) in [6, 6.07) is 18.7. The highest BCUT2D eigenvalue weighted by Gasteiger charge is 2.14. The molecule has 138 valence electrons. The zero-order valence-corrected chi connectivity index (χ0v) is 15.4. The predicted molar refractivity (Wildman–Crippen MR) is 109 cm³/mol. The van der Waals surface area contributed by atoms with Crippen molar-refractivity contribution >= 4 is 0 Å². The first-order valence-electron chi connectivity index (χ1n) is 8.97. The largest absolute Gasteiger partial charge is 0.392 e. The molecule has 2 heterocycles. The molecule has 0 bridgehead atoms. The maximum atomic E-state index is 13.4. The first-order chi connectivity index (χ1) is 13.7. The molecule has 0 aliphatic heterocycles. The quantitative estimate of drug-likeness (QED) is 0.595. The molecule has 0 atom stereocenters. The minimum atomic E-state index is -0.135. The summed E-state index contributed by atoms with van der Waals surface area (Å²) >= 11 is 0. The SMILES string of the molecule is Cc1ccccc1-c1cc(-c2ncccn2)cn(-c2cccc(CO)c2)c1=O. The number of benzene rings is 2. The number of rotatable bonds is 4. The van der Waals surface area contributed by atoms with Crippen LogP contribution in [0.1, 0.15) is 11.1 Å². The van der Waals surface area contributed by atoms with E-state index < -0.39 is 0 Å². The van der Waals surface area contributed by atoms with Crippen LogP contribution in [0.15, 0.2) is 84.0 Å². The van der Waals surface area contributed by atoms with Crippen LogP contribution in [-0.2, 0) is 6.61 Å². The molecule has 4 rings (SSSR count). The van der Waals surface area contributed by atoms with E-state index >= 15 is 0 Å². The van der Waals surface area contributed by atoms with Crippen molar-refractivity contribution in [1.82, 2.24) is 14.5 Å². The highest BCUT2D eigenvalue weighted by Crippen LogP contribution is 2.25. The van der Waals surface area contributed by atoms with Gasteiger partial charge in [-0.2, -0.15) is 0 Å². The van der Waals surface area contributed by atoms with Gasteiger partial charge in [0.05, 0.1) is 6.61 Å². The van der Waals surface area contributed by atoms with E-state index in [1.165, 1.54) is 0 Å². The van der Waals surface area contributed by atoms with E-state index in [2.05, 4.69) is 9.97 Å². The molecule has 0 saturated heterocycles. The summed E-state index contributed by atoms with van der Waals surface area (Å²) in [6.07, 6.45) is 5.10. The first-order valence-corrected chi connectivity index (χ1v) is 8.97. The number of aliphatic hydroxyl groups is 1. The van der Waals surface area contributed by atoms with Crippen LogP contribution < -0.4 is 5.56 Å². The highest BCUT2D eigenvalue weighted by atomic mass is 16.3. The highest BCUT2D eigenvalue weighted by molar-refractivity contribution is 5.72. The standard InChI is InChI=1S/C23H19N3O2/c1-16-6-2-3-9-20(16)21-13-18(22-24-10-5-11-25-22)14-26(23(21)28)19-8-4-7-17(12-19)15-27/h2-14,27H,15H2,1H3. The van der Waals surface area contributed by atoms with Crippen LogP contribution in [0, 0.1) is 6.92 Å². The fourth-order valence-corrected chi connectivity index (χ4v) is 3.22. The van der Waals surface area contributed by atoms with Crippen LogP contribution >= 0.6 is 0 Å². The van der Waals surface area contributed by atoms with Gasteiger partial charge in [0.25, 0.3) is 5.56 Å². The average molecular weight is 369 g/mol. The Balaban J connectivity index is 2.01. The van der Waals surface area contributed by atoms with Gasteiger partial charge in [0.1, 0.15) is 0 Å². The topological polar surface area (TPSA) is 68.0 Å². The number of aromatic nitrogens is 3. The summed E-state index contributed by atoms with van der Waals surface area (Å²) < 4.78 is 1.59. The lowest BCUT2D eigenvalue weighted by Crippen LogP contribution is -2.20. The first kappa shape index (κ1) is 17.8. The summed E-state index contributed by atoms with van der Waals surface area (Å²) in [5.41, 5.74) is 4.50. The summed E-state index contributed by atoms with van der Waals surface area (Å²) in [7, 11) is 0. The summed E-state index contributed by atoms with van der Waals surface area (Å²) in [5.74, 6) is 0.546. The molecule has 0 saturated carbocycles. The van der Waals surface area contributed by atoms with E-state index in [4.69, 9.17) is 0 Å². The number of aryl methyl sites for hydroxylation is 1. The van der Waals surface area contributed by atoms with Gasteiger partial charge in [0, 0.05) is 35.4 Å². The zero-order valence-electron chi connectivity index (χ0n) is 15.4. The Morgan fingerprint density at radius 2 is 1.71 bits per heavy atom. The molecule has 2 aromatic heterocycles. The predicted octanol–water partition coefficient (Wildman–Crippen LogP) is 3.76. The summed E-state index contributed by atoms with van der Waals surface area (Å²) in [6.45, 7) is 1.89. The number of aliphatic hydroxyl groups excluding tert-OH is 1. The van der Waals surface area contributed by atoms with E-state index in [0.29, 0.717) is 17.1 Å². The molecule has 4 aromatic rings. The van der Waals surface area contributed by atoms with Crippen LogP contribution in [0.3, 0.4) is 0 Å². The molecule has 0 radical (unpaired) electrons. The van der Waals surface area contributed by atoms with Crippen LogP contribution in [0.25, 0.3) is 28.2 Å². The molecule has 0 fully saturated rings. The van der Waals surface area contributed by atoms with Gasteiger partial charge in [0.15, 0.2) is 5.82 Å². The number of nitrogens with zero attached hydrogens (tertiary/aromatic N) is 3. The monoisotopic (exact) mass is 369 g/mol. The normalized spacial score (nSPS) is 10.8. The fourth-order valence-electron chi connectivity index (χ4n) is 3.22. The molecule has 5 heteroatoms. The van der Waals surface area contributed by atoms with E-state index in [1.807, 2.05) is 55.5 Å². The van der Waals surface area contributed by atoms with Crippen LogP contribution in [-0.4, -0.2) is 19.6 Å². The molecule has 28 heavy (non-hydrogen) atoms. The minimum Gasteiger partial charge on any atom is -0.392 e. The Bertz CT molecular complexity index is 1180. The summed E-state index contributed by atoms with van der Waals surface area (Å²) in [5, 5.41) is 9.47. The molecule has 2 aromatic carbocycles. The number of pyridine rings is 1. The number of hydrogen-bond donors (Lipinski definition) is 1.